The van der Waals surface area contributed by atoms with Gasteiger partial charge in [-0.2, -0.15) is 0 Å². The number of morpholine rings is 1. The molecule has 0 atom stereocenters. The second kappa shape index (κ2) is 7.57. The van der Waals surface area contributed by atoms with Crippen molar-refractivity contribution in [3.8, 4) is 11.3 Å². The molecule has 1 amide bonds. The number of aromatic nitrogens is 2. The van der Waals surface area contributed by atoms with Crippen LogP contribution in [0.4, 0.5) is 10.3 Å². The molecule has 6 nitrogen and oxygen atoms in total. The van der Waals surface area contributed by atoms with Gasteiger partial charge in [-0.3, -0.25) is 4.79 Å². The first-order valence-corrected chi connectivity index (χ1v) is 8.32. The minimum absolute atomic E-state index is 0.228. The Morgan fingerprint density at radius 1 is 1.32 bits per heavy atom. The summed E-state index contributed by atoms with van der Waals surface area (Å²) in [6.07, 6.45) is 1.49. The smallest absolute Gasteiger partial charge is 0.257 e. The molecule has 0 unspecified atom stereocenters. The van der Waals surface area contributed by atoms with Crippen LogP contribution in [0.2, 0.25) is 0 Å². The Kier molecular flexibility index (Phi) is 5.23. The van der Waals surface area contributed by atoms with Crippen LogP contribution in [-0.2, 0) is 4.74 Å². The summed E-state index contributed by atoms with van der Waals surface area (Å²) in [4.78, 5) is 25.1. The largest absolute Gasteiger partial charge is 0.378 e. The average Bonchev–Trinajstić information content (AvgIpc) is 2.67. The van der Waals surface area contributed by atoms with E-state index in [1.54, 1.807) is 30.1 Å². The molecule has 1 saturated heterocycles. The third kappa shape index (κ3) is 3.61. The summed E-state index contributed by atoms with van der Waals surface area (Å²) in [6, 6.07) is 6.34. The first-order chi connectivity index (χ1) is 12.1. The van der Waals surface area contributed by atoms with Crippen LogP contribution in [0.15, 0.2) is 30.5 Å². The zero-order valence-electron chi connectivity index (χ0n) is 14.4. The van der Waals surface area contributed by atoms with E-state index in [1.807, 2.05) is 11.8 Å². The van der Waals surface area contributed by atoms with Crippen molar-refractivity contribution < 1.29 is 13.9 Å². The standard InChI is InChI=1S/C18H21FN4O2/c1-3-22(2)17(24)14-12-20-18(23-8-10-25-11-9-23)21-16(14)13-6-4-5-7-15(13)19/h4-7,12H,3,8-11H2,1-2H3. The van der Waals surface area contributed by atoms with Gasteiger partial charge in [-0.15, -0.1) is 0 Å². The van der Waals surface area contributed by atoms with Gasteiger partial charge in [0.1, 0.15) is 5.82 Å². The first-order valence-electron chi connectivity index (χ1n) is 8.32. The normalized spacial score (nSPS) is 14.4. The van der Waals surface area contributed by atoms with E-state index in [0.29, 0.717) is 55.6 Å². The SMILES string of the molecule is CCN(C)C(=O)c1cnc(N2CCOCC2)nc1-c1ccccc1F. The van der Waals surface area contributed by atoms with Crippen molar-refractivity contribution in [3.05, 3.63) is 41.8 Å². The lowest BCUT2D eigenvalue weighted by molar-refractivity contribution is 0.0802. The Bertz CT molecular complexity index is 762. The van der Waals surface area contributed by atoms with Gasteiger partial charge in [-0.25, -0.2) is 14.4 Å². The van der Waals surface area contributed by atoms with E-state index in [4.69, 9.17) is 4.74 Å². The van der Waals surface area contributed by atoms with E-state index in [9.17, 15) is 9.18 Å². The van der Waals surface area contributed by atoms with E-state index >= 15 is 0 Å². The van der Waals surface area contributed by atoms with Crippen molar-refractivity contribution in [1.29, 1.82) is 0 Å². The van der Waals surface area contributed by atoms with E-state index in [2.05, 4.69) is 9.97 Å². The maximum atomic E-state index is 14.4. The van der Waals surface area contributed by atoms with Gasteiger partial charge in [0.25, 0.3) is 5.91 Å². The van der Waals surface area contributed by atoms with Crippen LogP contribution in [0, 0.1) is 5.82 Å². The van der Waals surface area contributed by atoms with E-state index < -0.39 is 5.82 Å². The fourth-order valence-corrected chi connectivity index (χ4v) is 2.65. The van der Waals surface area contributed by atoms with Crippen molar-refractivity contribution in [2.45, 2.75) is 6.92 Å². The molecule has 1 aromatic carbocycles. The van der Waals surface area contributed by atoms with Crippen LogP contribution >= 0.6 is 0 Å². The van der Waals surface area contributed by atoms with Gasteiger partial charge < -0.3 is 14.5 Å². The molecule has 0 saturated carbocycles. The molecule has 1 aliphatic heterocycles. The molecule has 3 rings (SSSR count). The maximum absolute atomic E-state index is 14.4. The monoisotopic (exact) mass is 344 g/mol. The second-order valence-corrected chi connectivity index (χ2v) is 5.83. The number of benzene rings is 1. The quantitative estimate of drug-likeness (QED) is 0.851. The van der Waals surface area contributed by atoms with Crippen LogP contribution in [0.5, 0.6) is 0 Å². The van der Waals surface area contributed by atoms with Gasteiger partial charge in [0.15, 0.2) is 0 Å². The number of hydrogen-bond acceptors (Lipinski definition) is 5. The van der Waals surface area contributed by atoms with Crippen molar-refractivity contribution >= 4 is 11.9 Å². The molecule has 25 heavy (non-hydrogen) atoms. The number of ether oxygens (including phenoxy) is 1. The first kappa shape index (κ1) is 17.3. The van der Waals surface area contributed by atoms with Crippen LogP contribution < -0.4 is 4.90 Å². The lowest BCUT2D eigenvalue weighted by Crippen LogP contribution is -2.37. The molecule has 1 aliphatic rings. The number of amides is 1. The summed E-state index contributed by atoms with van der Waals surface area (Å²) in [5.41, 5.74) is 0.915. The van der Waals surface area contributed by atoms with E-state index in [-0.39, 0.29) is 5.91 Å². The molecular formula is C18H21FN4O2. The molecule has 1 aromatic heterocycles. The lowest BCUT2D eigenvalue weighted by Gasteiger charge is -2.27. The van der Waals surface area contributed by atoms with Crippen LogP contribution in [0.3, 0.4) is 0 Å². The third-order valence-electron chi connectivity index (χ3n) is 4.25. The zero-order valence-corrected chi connectivity index (χ0v) is 14.4. The van der Waals surface area contributed by atoms with E-state index in [1.165, 1.54) is 12.3 Å². The summed E-state index contributed by atoms with van der Waals surface area (Å²) >= 11 is 0. The second-order valence-electron chi connectivity index (χ2n) is 5.83. The van der Waals surface area contributed by atoms with Gasteiger partial charge in [-0.05, 0) is 19.1 Å². The number of hydrogen-bond donors (Lipinski definition) is 0. The third-order valence-corrected chi connectivity index (χ3v) is 4.25. The fourth-order valence-electron chi connectivity index (χ4n) is 2.65. The summed E-state index contributed by atoms with van der Waals surface area (Å²) in [5.74, 6) is -0.158. The Morgan fingerprint density at radius 2 is 2.04 bits per heavy atom. The Balaban J connectivity index is 2.09. The molecule has 7 heteroatoms. The van der Waals surface area contributed by atoms with Gasteiger partial charge in [-0.1, -0.05) is 12.1 Å². The van der Waals surface area contributed by atoms with Crippen LogP contribution in [-0.4, -0.2) is 60.7 Å². The molecule has 0 aliphatic carbocycles. The highest BCUT2D eigenvalue weighted by molar-refractivity contribution is 5.99. The van der Waals surface area contributed by atoms with Crippen LogP contribution in [0.25, 0.3) is 11.3 Å². The predicted octanol–water partition coefficient (Wildman–Crippen LogP) is 2.21. The van der Waals surface area contributed by atoms with Crippen molar-refractivity contribution in [3.63, 3.8) is 0 Å². The number of halogens is 1. The molecule has 2 heterocycles. The predicted molar refractivity (Wildman–Crippen MR) is 93.1 cm³/mol. The number of carbonyl (C=O) groups excluding carboxylic acids is 1. The van der Waals surface area contributed by atoms with Gasteiger partial charge in [0.05, 0.1) is 24.5 Å². The highest BCUT2D eigenvalue weighted by atomic mass is 19.1. The molecule has 0 bridgehead atoms. The van der Waals surface area contributed by atoms with Crippen molar-refractivity contribution in [2.75, 3.05) is 44.8 Å². The topological polar surface area (TPSA) is 58.6 Å². The number of anilines is 1. The van der Waals surface area contributed by atoms with Gasteiger partial charge in [0, 0.05) is 38.4 Å². The molecule has 0 N–H and O–H groups in total. The zero-order chi connectivity index (χ0) is 17.8. The minimum atomic E-state index is -0.415. The molecule has 0 spiro atoms. The van der Waals surface area contributed by atoms with Gasteiger partial charge >= 0.3 is 0 Å². The summed E-state index contributed by atoms with van der Waals surface area (Å²) in [7, 11) is 1.70. The fraction of sp³-hybridized carbons (Fsp3) is 0.389. The highest BCUT2D eigenvalue weighted by Gasteiger charge is 2.23. The summed E-state index contributed by atoms with van der Waals surface area (Å²) in [6.45, 7) is 4.94. The maximum Gasteiger partial charge on any atom is 0.257 e. The van der Waals surface area contributed by atoms with Gasteiger partial charge in [0.2, 0.25) is 5.95 Å². The summed E-state index contributed by atoms with van der Waals surface area (Å²) in [5, 5.41) is 0. The number of rotatable bonds is 4. The molecule has 0 radical (unpaired) electrons. The summed E-state index contributed by atoms with van der Waals surface area (Å²) < 4.78 is 19.7. The lowest BCUT2D eigenvalue weighted by atomic mass is 10.1. The number of nitrogens with zero attached hydrogens (tertiary/aromatic N) is 4. The van der Waals surface area contributed by atoms with E-state index in [0.717, 1.165) is 0 Å². The molecular weight excluding hydrogens is 323 g/mol. The minimum Gasteiger partial charge on any atom is -0.378 e. The highest BCUT2D eigenvalue weighted by Crippen LogP contribution is 2.27. The van der Waals surface area contributed by atoms with Crippen molar-refractivity contribution in [1.82, 2.24) is 14.9 Å². The Labute approximate surface area is 146 Å². The Morgan fingerprint density at radius 3 is 2.72 bits per heavy atom. The molecule has 2 aromatic rings. The number of carbonyl (C=O) groups is 1. The van der Waals surface area contributed by atoms with Crippen LogP contribution in [0.1, 0.15) is 17.3 Å². The Hall–Kier alpha value is -2.54. The molecule has 1 fully saturated rings. The van der Waals surface area contributed by atoms with Crippen molar-refractivity contribution in [2.24, 2.45) is 0 Å². The molecule has 132 valence electrons. The average molecular weight is 344 g/mol.